The Labute approximate surface area is 130 Å². The van der Waals surface area contributed by atoms with Crippen LogP contribution >= 0.6 is 0 Å². The molecule has 0 aromatic heterocycles. The Morgan fingerprint density at radius 3 is 2.61 bits per heavy atom. The van der Waals surface area contributed by atoms with Gasteiger partial charge >= 0.3 is 39.7 Å². The van der Waals surface area contributed by atoms with Crippen LogP contribution in [-0.2, 0) is 14.9 Å². The number of ether oxygens (including phenoxy) is 1. The van der Waals surface area contributed by atoms with Crippen LogP contribution in [0.25, 0.3) is 0 Å². The van der Waals surface area contributed by atoms with Gasteiger partial charge in [0.2, 0.25) is 0 Å². The van der Waals surface area contributed by atoms with Crippen LogP contribution in [-0.4, -0.2) is 50.8 Å². The van der Waals surface area contributed by atoms with Crippen molar-refractivity contribution < 1.29 is 17.3 Å². The summed E-state index contributed by atoms with van der Waals surface area (Å²) in [5.41, 5.74) is 0.817. The van der Waals surface area contributed by atoms with Crippen molar-refractivity contribution in [3.05, 3.63) is 29.8 Å². The van der Waals surface area contributed by atoms with E-state index < -0.39 is 10.1 Å². The molecular weight excluding hydrogens is 263 g/mol. The Morgan fingerprint density at radius 1 is 1.28 bits per heavy atom. The molecule has 0 amide bonds. The Morgan fingerprint density at radius 2 is 2.00 bits per heavy atom. The zero-order valence-electron chi connectivity index (χ0n) is 9.76. The normalized spacial score (nSPS) is 19.9. The first-order valence-electron chi connectivity index (χ1n) is 5.66. The first kappa shape index (κ1) is 16.0. The maximum atomic E-state index is 11.2. The van der Waals surface area contributed by atoms with Gasteiger partial charge in [0.05, 0.1) is 12.4 Å². The van der Waals surface area contributed by atoms with Crippen LogP contribution in [0.3, 0.4) is 0 Å². The molecule has 2 rings (SSSR count). The molecule has 1 aliphatic heterocycles. The Kier molecular flexibility index (Phi) is 6.14. The topological polar surface area (TPSA) is 52.6 Å². The molecule has 0 saturated carbocycles. The van der Waals surface area contributed by atoms with E-state index in [1.165, 1.54) is 0 Å². The second kappa shape index (κ2) is 6.91. The molecule has 96 valence electrons. The number of rotatable bonds is 3. The summed E-state index contributed by atoms with van der Waals surface area (Å²) in [6.07, 6.45) is 4.06. The van der Waals surface area contributed by atoms with Gasteiger partial charge in [-0.3, -0.25) is 0 Å². The second-order valence-corrected chi connectivity index (χ2v) is 5.76. The van der Waals surface area contributed by atoms with Crippen molar-refractivity contribution in [2.45, 2.75) is 25.4 Å². The zero-order chi connectivity index (χ0) is 12.3. The third kappa shape index (κ3) is 4.55. The third-order valence-electron chi connectivity index (χ3n) is 2.69. The standard InChI is InChI=1S/C12H16O4S.Na.H/c1-17(13,14)16-12-8-3-2-6-10(12)11-7-4-5-9-15-11;;/h2-3,6,8,11H,4-5,7,9H2,1H3;;. The predicted octanol–water partition coefficient (Wildman–Crippen LogP) is 1.62. The van der Waals surface area contributed by atoms with Crippen LogP contribution in [0.1, 0.15) is 30.9 Å². The number of para-hydroxylation sites is 1. The van der Waals surface area contributed by atoms with Crippen LogP contribution in [0.15, 0.2) is 24.3 Å². The zero-order valence-corrected chi connectivity index (χ0v) is 10.6. The van der Waals surface area contributed by atoms with Crippen LogP contribution in [0.4, 0.5) is 0 Å². The molecule has 18 heavy (non-hydrogen) atoms. The van der Waals surface area contributed by atoms with E-state index in [4.69, 9.17) is 8.92 Å². The third-order valence-corrected chi connectivity index (χ3v) is 3.17. The summed E-state index contributed by atoms with van der Waals surface area (Å²) in [6.45, 7) is 0.720. The predicted molar refractivity (Wildman–Crippen MR) is 71.6 cm³/mol. The first-order valence-corrected chi connectivity index (χ1v) is 7.48. The molecule has 1 aromatic rings. The molecule has 0 aliphatic carbocycles. The van der Waals surface area contributed by atoms with E-state index in [1.807, 2.05) is 12.1 Å². The van der Waals surface area contributed by atoms with E-state index in [0.717, 1.165) is 37.7 Å². The number of hydrogen-bond donors (Lipinski definition) is 0. The van der Waals surface area contributed by atoms with Crippen LogP contribution < -0.4 is 4.18 Å². The van der Waals surface area contributed by atoms with E-state index in [2.05, 4.69) is 0 Å². The number of hydrogen-bond acceptors (Lipinski definition) is 4. The van der Waals surface area contributed by atoms with Crippen molar-refractivity contribution in [3.63, 3.8) is 0 Å². The summed E-state index contributed by atoms with van der Waals surface area (Å²) < 4.78 is 33.0. The van der Waals surface area contributed by atoms with Gasteiger partial charge < -0.3 is 8.92 Å². The van der Waals surface area contributed by atoms with Gasteiger partial charge in [0, 0.05) is 12.2 Å². The van der Waals surface area contributed by atoms with Crippen molar-refractivity contribution in [3.8, 4) is 5.75 Å². The summed E-state index contributed by atoms with van der Waals surface area (Å²) in [7, 11) is -3.49. The maximum absolute atomic E-state index is 11.2. The van der Waals surface area contributed by atoms with Gasteiger partial charge in [-0.05, 0) is 25.3 Å². The molecule has 0 N–H and O–H groups in total. The molecule has 0 radical (unpaired) electrons. The summed E-state index contributed by atoms with van der Waals surface area (Å²) >= 11 is 0. The molecule has 1 heterocycles. The van der Waals surface area contributed by atoms with Gasteiger partial charge in [-0.2, -0.15) is 8.42 Å². The van der Waals surface area contributed by atoms with Gasteiger partial charge in [0.1, 0.15) is 5.75 Å². The Balaban J connectivity index is 0.00000162. The minimum atomic E-state index is -3.49. The summed E-state index contributed by atoms with van der Waals surface area (Å²) in [5, 5.41) is 0. The molecular formula is C12H17NaO4S. The fourth-order valence-corrected chi connectivity index (χ4v) is 2.45. The molecule has 1 atom stereocenters. The van der Waals surface area contributed by atoms with Crippen LogP contribution in [0.2, 0.25) is 0 Å². The summed E-state index contributed by atoms with van der Waals surface area (Å²) in [4.78, 5) is 0. The van der Waals surface area contributed by atoms with Crippen LogP contribution in [0, 0.1) is 0 Å². The average Bonchev–Trinajstić information content (AvgIpc) is 2.29. The van der Waals surface area contributed by atoms with Crippen molar-refractivity contribution in [2.24, 2.45) is 0 Å². The fraction of sp³-hybridized carbons (Fsp3) is 0.500. The minimum absolute atomic E-state index is 0. The molecule has 0 spiro atoms. The molecule has 4 nitrogen and oxygen atoms in total. The van der Waals surface area contributed by atoms with E-state index >= 15 is 0 Å². The summed E-state index contributed by atoms with van der Waals surface area (Å²) in [5.74, 6) is 0.377. The van der Waals surface area contributed by atoms with Gasteiger partial charge in [-0.25, -0.2) is 0 Å². The van der Waals surface area contributed by atoms with Crippen molar-refractivity contribution in [2.75, 3.05) is 12.9 Å². The van der Waals surface area contributed by atoms with Gasteiger partial charge in [-0.15, -0.1) is 0 Å². The Hall–Kier alpha value is -0.0700. The molecule has 6 heteroatoms. The Bertz CT molecular complexity index is 481. The number of benzene rings is 1. The van der Waals surface area contributed by atoms with Crippen LogP contribution in [0.5, 0.6) is 5.75 Å². The first-order chi connectivity index (χ1) is 8.06. The van der Waals surface area contributed by atoms with Gasteiger partial charge in [-0.1, -0.05) is 18.2 Å². The second-order valence-electron chi connectivity index (χ2n) is 4.18. The molecule has 1 unspecified atom stereocenters. The van der Waals surface area contributed by atoms with Crippen molar-refractivity contribution >= 4 is 39.7 Å². The SMILES string of the molecule is CS(=O)(=O)Oc1ccccc1C1CCCCO1.[NaH]. The molecule has 1 fully saturated rings. The van der Waals surface area contributed by atoms with Gasteiger partial charge in [0.25, 0.3) is 0 Å². The quantitative estimate of drug-likeness (QED) is 0.623. The summed E-state index contributed by atoms with van der Waals surface area (Å²) in [6, 6.07) is 7.14. The van der Waals surface area contributed by atoms with E-state index in [0.29, 0.717) is 5.75 Å². The molecule has 1 aromatic carbocycles. The average molecular weight is 280 g/mol. The molecule has 0 bridgehead atoms. The van der Waals surface area contributed by atoms with E-state index in [9.17, 15) is 8.42 Å². The van der Waals surface area contributed by atoms with E-state index in [-0.39, 0.29) is 35.7 Å². The van der Waals surface area contributed by atoms with Gasteiger partial charge in [0.15, 0.2) is 0 Å². The molecule has 1 aliphatic rings. The monoisotopic (exact) mass is 280 g/mol. The van der Waals surface area contributed by atoms with Crippen molar-refractivity contribution in [1.82, 2.24) is 0 Å². The molecule has 1 saturated heterocycles. The van der Waals surface area contributed by atoms with Crippen molar-refractivity contribution in [1.29, 1.82) is 0 Å². The van der Waals surface area contributed by atoms with E-state index in [1.54, 1.807) is 12.1 Å². The fourth-order valence-electron chi connectivity index (χ4n) is 1.97.